The third-order valence-corrected chi connectivity index (χ3v) is 2.79. The Hall–Kier alpha value is -1.37. The average molecular weight is 313 g/mol. The van der Waals surface area contributed by atoms with Gasteiger partial charge in [0.05, 0.1) is 5.56 Å². The lowest BCUT2D eigenvalue weighted by Crippen LogP contribution is -2.14. The first-order valence-electron chi connectivity index (χ1n) is 4.32. The number of carbonyl (C=O) groups excluding carboxylic acids is 1. The van der Waals surface area contributed by atoms with Crippen LogP contribution in [0.1, 0.15) is 10.4 Å². The van der Waals surface area contributed by atoms with Crippen LogP contribution in [-0.2, 0) is 0 Å². The molecule has 0 fully saturated rings. The number of imidazole rings is 1. The summed E-state index contributed by atoms with van der Waals surface area (Å²) in [5, 5.41) is 2.67. The number of nitrogens with one attached hydrogen (secondary N) is 2. The van der Waals surface area contributed by atoms with Crippen LogP contribution in [-0.4, -0.2) is 15.9 Å². The monoisotopic (exact) mass is 313 g/mol. The highest BCUT2D eigenvalue weighted by Gasteiger charge is 2.09. The molecule has 0 atom stereocenters. The second-order valence-electron chi connectivity index (χ2n) is 2.87. The minimum atomic E-state index is -0.157. The summed E-state index contributed by atoms with van der Waals surface area (Å²) < 4.78 is 0.916. The molecule has 2 N–H and O–H groups in total. The van der Waals surface area contributed by atoms with Gasteiger partial charge in [-0.05, 0) is 34.7 Å². The lowest BCUT2D eigenvalue weighted by Gasteiger charge is -2.03. The van der Waals surface area contributed by atoms with E-state index in [1.165, 1.54) is 0 Å². The Morgan fingerprint density at radius 1 is 1.40 bits per heavy atom. The standard InChI is InChI=1S/C10H8IN3O/c11-8-4-2-1-3-7(8)9(15)14-10-12-5-6-13-10/h1-6H,(H2,12,13,14,15). The van der Waals surface area contributed by atoms with Crippen LogP contribution >= 0.6 is 22.6 Å². The fourth-order valence-corrected chi connectivity index (χ4v) is 1.79. The lowest BCUT2D eigenvalue weighted by molar-refractivity contribution is 0.102. The SMILES string of the molecule is O=C(Nc1ncc[nH]1)c1ccccc1I. The van der Waals surface area contributed by atoms with Gasteiger partial charge in [-0.15, -0.1) is 0 Å². The van der Waals surface area contributed by atoms with Crippen molar-refractivity contribution in [3.8, 4) is 0 Å². The highest BCUT2D eigenvalue weighted by molar-refractivity contribution is 14.1. The van der Waals surface area contributed by atoms with Crippen LogP contribution < -0.4 is 5.32 Å². The maximum absolute atomic E-state index is 11.8. The number of aromatic amines is 1. The molecule has 0 spiro atoms. The van der Waals surface area contributed by atoms with Crippen LogP contribution in [0.2, 0.25) is 0 Å². The van der Waals surface area contributed by atoms with E-state index in [1.807, 2.05) is 18.2 Å². The summed E-state index contributed by atoms with van der Waals surface area (Å²) in [6, 6.07) is 7.39. The van der Waals surface area contributed by atoms with E-state index in [2.05, 4.69) is 37.9 Å². The van der Waals surface area contributed by atoms with Crippen LogP contribution in [0.25, 0.3) is 0 Å². The summed E-state index contributed by atoms with van der Waals surface area (Å²) >= 11 is 2.13. The first-order valence-corrected chi connectivity index (χ1v) is 5.40. The molecule has 0 aliphatic rings. The summed E-state index contributed by atoms with van der Waals surface area (Å²) in [4.78, 5) is 18.5. The number of H-pyrrole nitrogens is 1. The van der Waals surface area contributed by atoms with Crippen LogP contribution in [0, 0.1) is 3.57 Å². The normalized spacial score (nSPS) is 9.93. The predicted octanol–water partition coefficient (Wildman–Crippen LogP) is 2.27. The molecule has 1 aromatic heterocycles. The maximum atomic E-state index is 11.8. The van der Waals surface area contributed by atoms with Gasteiger partial charge in [0.2, 0.25) is 5.95 Å². The molecule has 1 amide bonds. The smallest absolute Gasteiger partial charge is 0.259 e. The molecule has 0 aliphatic carbocycles. The van der Waals surface area contributed by atoms with Crippen LogP contribution in [0.15, 0.2) is 36.7 Å². The van der Waals surface area contributed by atoms with Crippen molar-refractivity contribution in [1.82, 2.24) is 9.97 Å². The molecule has 5 heteroatoms. The topological polar surface area (TPSA) is 57.8 Å². The Labute approximate surface area is 100 Å². The summed E-state index contributed by atoms with van der Waals surface area (Å²) in [5.74, 6) is 0.301. The Bertz CT molecular complexity index is 467. The Kier molecular flexibility index (Phi) is 3.00. The van der Waals surface area contributed by atoms with Gasteiger partial charge in [-0.3, -0.25) is 10.1 Å². The van der Waals surface area contributed by atoms with Gasteiger partial charge < -0.3 is 4.98 Å². The quantitative estimate of drug-likeness (QED) is 0.836. The second-order valence-corrected chi connectivity index (χ2v) is 4.03. The Morgan fingerprint density at radius 3 is 2.87 bits per heavy atom. The molecule has 2 aromatic rings. The number of amides is 1. The van der Waals surface area contributed by atoms with Gasteiger partial charge in [0, 0.05) is 16.0 Å². The van der Waals surface area contributed by atoms with Crippen LogP contribution in [0.4, 0.5) is 5.95 Å². The number of aromatic nitrogens is 2. The van der Waals surface area contributed by atoms with Gasteiger partial charge in [-0.1, -0.05) is 12.1 Å². The number of hydrogen-bond donors (Lipinski definition) is 2. The van der Waals surface area contributed by atoms with Gasteiger partial charge in [-0.2, -0.15) is 0 Å². The number of anilines is 1. The molecule has 15 heavy (non-hydrogen) atoms. The number of hydrogen-bond acceptors (Lipinski definition) is 2. The van der Waals surface area contributed by atoms with Gasteiger partial charge in [-0.25, -0.2) is 4.98 Å². The molecule has 2 rings (SSSR count). The molecule has 0 radical (unpaired) electrons. The Morgan fingerprint density at radius 2 is 2.20 bits per heavy atom. The summed E-state index contributed by atoms with van der Waals surface area (Å²) in [5.41, 5.74) is 0.648. The van der Waals surface area contributed by atoms with Crippen molar-refractivity contribution < 1.29 is 4.79 Å². The summed E-state index contributed by atoms with van der Waals surface area (Å²) in [6.45, 7) is 0. The zero-order chi connectivity index (χ0) is 10.7. The predicted molar refractivity (Wildman–Crippen MR) is 65.7 cm³/mol. The maximum Gasteiger partial charge on any atom is 0.259 e. The van der Waals surface area contributed by atoms with Crippen LogP contribution in [0.3, 0.4) is 0 Å². The molecule has 0 aliphatic heterocycles. The minimum absolute atomic E-state index is 0.157. The van der Waals surface area contributed by atoms with E-state index < -0.39 is 0 Å². The number of halogens is 1. The highest BCUT2D eigenvalue weighted by atomic mass is 127. The van der Waals surface area contributed by atoms with Gasteiger partial charge in [0.25, 0.3) is 5.91 Å². The molecule has 0 saturated carbocycles. The lowest BCUT2D eigenvalue weighted by atomic mass is 10.2. The van der Waals surface area contributed by atoms with Crippen molar-refractivity contribution in [3.63, 3.8) is 0 Å². The Balaban J connectivity index is 2.19. The van der Waals surface area contributed by atoms with E-state index in [-0.39, 0.29) is 5.91 Å². The van der Waals surface area contributed by atoms with E-state index in [4.69, 9.17) is 0 Å². The van der Waals surface area contributed by atoms with Crippen molar-refractivity contribution in [2.45, 2.75) is 0 Å². The van der Waals surface area contributed by atoms with Crippen molar-refractivity contribution >= 4 is 34.4 Å². The molecule has 1 aromatic carbocycles. The van der Waals surface area contributed by atoms with Crippen molar-refractivity contribution in [1.29, 1.82) is 0 Å². The van der Waals surface area contributed by atoms with Crippen molar-refractivity contribution in [2.24, 2.45) is 0 Å². The zero-order valence-electron chi connectivity index (χ0n) is 7.70. The van der Waals surface area contributed by atoms with E-state index >= 15 is 0 Å². The van der Waals surface area contributed by atoms with E-state index in [0.717, 1.165) is 3.57 Å². The van der Waals surface area contributed by atoms with Crippen LogP contribution in [0.5, 0.6) is 0 Å². The van der Waals surface area contributed by atoms with E-state index in [1.54, 1.807) is 18.5 Å². The van der Waals surface area contributed by atoms with Gasteiger partial charge in [0.15, 0.2) is 0 Å². The molecule has 0 bridgehead atoms. The molecule has 4 nitrogen and oxygen atoms in total. The number of carbonyl (C=O) groups is 1. The van der Waals surface area contributed by atoms with Crippen molar-refractivity contribution in [2.75, 3.05) is 5.32 Å². The van der Waals surface area contributed by atoms with Crippen molar-refractivity contribution in [3.05, 3.63) is 45.8 Å². The number of rotatable bonds is 2. The molecule has 1 heterocycles. The average Bonchev–Trinajstić information content (AvgIpc) is 2.71. The van der Waals surface area contributed by atoms with E-state index in [0.29, 0.717) is 11.5 Å². The fraction of sp³-hybridized carbons (Fsp3) is 0. The second kappa shape index (κ2) is 4.43. The minimum Gasteiger partial charge on any atom is -0.331 e. The summed E-state index contributed by atoms with van der Waals surface area (Å²) in [6.07, 6.45) is 3.25. The first kappa shape index (κ1) is 10.2. The highest BCUT2D eigenvalue weighted by Crippen LogP contribution is 2.12. The molecule has 0 unspecified atom stereocenters. The molecular formula is C10H8IN3O. The molecular weight excluding hydrogens is 305 g/mol. The van der Waals surface area contributed by atoms with E-state index in [9.17, 15) is 4.79 Å². The zero-order valence-corrected chi connectivity index (χ0v) is 9.86. The first-order chi connectivity index (χ1) is 7.27. The summed E-state index contributed by atoms with van der Waals surface area (Å²) in [7, 11) is 0. The molecule has 76 valence electrons. The number of nitrogens with zero attached hydrogens (tertiary/aromatic N) is 1. The largest absolute Gasteiger partial charge is 0.331 e. The number of benzene rings is 1. The molecule has 0 saturated heterocycles. The third kappa shape index (κ3) is 2.35. The van der Waals surface area contributed by atoms with Gasteiger partial charge in [0.1, 0.15) is 0 Å². The fourth-order valence-electron chi connectivity index (χ4n) is 1.15. The van der Waals surface area contributed by atoms with Gasteiger partial charge >= 0.3 is 0 Å². The third-order valence-electron chi connectivity index (χ3n) is 1.85.